The number of hydrogen-bond acceptors (Lipinski definition) is 4. The van der Waals surface area contributed by atoms with E-state index in [0.29, 0.717) is 18.3 Å². The summed E-state index contributed by atoms with van der Waals surface area (Å²) in [5, 5.41) is 13.3. The van der Waals surface area contributed by atoms with E-state index in [1.807, 2.05) is 27.0 Å². The zero-order valence-corrected chi connectivity index (χ0v) is 12.7. The molecule has 1 amide bonds. The summed E-state index contributed by atoms with van der Waals surface area (Å²) in [5.74, 6) is 1.40. The molecule has 112 valence electrons. The highest BCUT2D eigenvalue weighted by Crippen LogP contribution is 2.27. The monoisotopic (exact) mass is 280 g/mol. The van der Waals surface area contributed by atoms with E-state index in [2.05, 4.69) is 10.2 Å². The standard InChI is InChI=1S/C15H24N2O3/c1-10-7-13(11(2)20-10)15(3,19)9-16-14(18)8-17(4)12-5-6-12/h7,12,19H,5-6,8-9H2,1-4H3,(H,16,18). The van der Waals surface area contributed by atoms with Gasteiger partial charge in [-0.2, -0.15) is 0 Å². The minimum absolute atomic E-state index is 0.0578. The number of carbonyl (C=O) groups excluding carboxylic acids is 1. The van der Waals surface area contributed by atoms with Gasteiger partial charge in [0.25, 0.3) is 0 Å². The molecule has 5 nitrogen and oxygen atoms in total. The number of amides is 1. The van der Waals surface area contributed by atoms with Crippen molar-refractivity contribution in [2.24, 2.45) is 0 Å². The fourth-order valence-corrected chi connectivity index (χ4v) is 2.46. The maximum atomic E-state index is 11.9. The number of rotatable bonds is 6. The number of aliphatic hydroxyl groups is 1. The molecule has 20 heavy (non-hydrogen) atoms. The minimum Gasteiger partial charge on any atom is -0.466 e. The first-order valence-corrected chi connectivity index (χ1v) is 7.06. The van der Waals surface area contributed by atoms with E-state index in [9.17, 15) is 9.90 Å². The molecule has 1 aliphatic rings. The normalized spacial score (nSPS) is 18.1. The van der Waals surface area contributed by atoms with Crippen LogP contribution in [0.3, 0.4) is 0 Å². The highest BCUT2D eigenvalue weighted by molar-refractivity contribution is 5.78. The van der Waals surface area contributed by atoms with Crippen LogP contribution < -0.4 is 5.32 Å². The van der Waals surface area contributed by atoms with E-state index in [1.54, 1.807) is 6.92 Å². The molecule has 2 rings (SSSR count). The van der Waals surface area contributed by atoms with Gasteiger partial charge in [0.2, 0.25) is 5.91 Å². The van der Waals surface area contributed by atoms with Crippen LogP contribution in [0, 0.1) is 13.8 Å². The molecule has 5 heteroatoms. The Kier molecular flexibility index (Phi) is 4.20. The number of aryl methyl sites for hydroxylation is 2. The van der Waals surface area contributed by atoms with E-state index < -0.39 is 5.60 Å². The first-order chi connectivity index (χ1) is 9.29. The summed E-state index contributed by atoms with van der Waals surface area (Å²) < 4.78 is 5.43. The van der Waals surface area contributed by atoms with Crippen LogP contribution >= 0.6 is 0 Å². The van der Waals surface area contributed by atoms with Gasteiger partial charge in [0.1, 0.15) is 17.1 Å². The summed E-state index contributed by atoms with van der Waals surface area (Å²) in [6.45, 7) is 5.92. The smallest absolute Gasteiger partial charge is 0.234 e. The zero-order valence-electron chi connectivity index (χ0n) is 12.7. The molecule has 1 aromatic rings. The van der Waals surface area contributed by atoms with Crippen LogP contribution in [0.2, 0.25) is 0 Å². The summed E-state index contributed by atoms with van der Waals surface area (Å²) in [7, 11) is 1.96. The molecule has 2 N–H and O–H groups in total. The molecule has 1 saturated carbocycles. The maximum absolute atomic E-state index is 11.9. The van der Waals surface area contributed by atoms with Gasteiger partial charge >= 0.3 is 0 Å². The van der Waals surface area contributed by atoms with Crippen molar-refractivity contribution in [3.8, 4) is 0 Å². The average molecular weight is 280 g/mol. The fraction of sp³-hybridized carbons (Fsp3) is 0.667. The summed E-state index contributed by atoms with van der Waals surface area (Å²) in [6.07, 6.45) is 2.35. The van der Waals surface area contributed by atoms with Crippen molar-refractivity contribution in [3.63, 3.8) is 0 Å². The molecule has 0 spiro atoms. The Balaban J connectivity index is 1.88. The molecule has 1 heterocycles. The zero-order chi connectivity index (χ0) is 14.9. The number of hydrogen-bond donors (Lipinski definition) is 2. The van der Waals surface area contributed by atoms with Gasteiger partial charge in [-0.3, -0.25) is 9.69 Å². The number of likely N-dealkylation sites (N-methyl/N-ethyl adjacent to an activating group) is 1. The van der Waals surface area contributed by atoms with Gasteiger partial charge in [0.15, 0.2) is 0 Å². The van der Waals surface area contributed by atoms with Crippen molar-refractivity contribution in [2.45, 2.75) is 45.3 Å². The third kappa shape index (κ3) is 3.61. The van der Waals surface area contributed by atoms with Crippen LogP contribution in [-0.4, -0.2) is 42.1 Å². The van der Waals surface area contributed by atoms with Gasteiger partial charge < -0.3 is 14.8 Å². The SMILES string of the molecule is Cc1cc(C(C)(O)CNC(=O)CN(C)C2CC2)c(C)o1. The van der Waals surface area contributed by atoms with Crippen molar-refractivity contribution < 1.29 is 14.3 Å². The van der Waals surface area contributed by atoms with Crippen LogP contribution in [-0.2, 0) is 10.4 Å². The Morgan fingerprint density at radius 2 is 2.20 bits per heavy atom. The van der Waals surface area contributed by atoms with Crippen molar-refractivity contribution >= 4 is 5.91 Å². The van der Waals surface area contributed by atoms with Gasteiger partial charge in [-0.25, -0.2) is 0 Å². The molecule has 0 bridgehead atoms. The number of nitrogens with zero attached hydrogens (tertiary/aromatic N) is 1. The maximum Gasteiger partial charge on any atom is 0.234 e. The molecule has 1 aliphatic carbocycles. The Labute approximate surface area is 119 Å². The van der Waals surface area contributed by atoms with Gasteiger partial charge in [-0.1, -0.05) is 0 Å². The fourth-order valence-electron chi connectivity index (χ4n) is 2.46. The molecule has 0 saturated heterocycles. The van der Waals surface area contributed by atoms with Gasteiger partial charge in [-0.05, 0) is 46.7 Å². The lowest BCUT2D eigenvalue weighted by Crippen LogP contribution is -2.43. The van der Waals surface area contributed by atoms with Crippen LogP contribution in [0.15, 0.2) is 10.5 Å². The number of furan rings is 1. The van der Waals surface area contributed by atoms with Gasteiger partial charge in [0, 0.05) is 11.6 Å². The lowest BCUT2D eigenvalue weighted by Gasteiger charge is -2.24. The van der Waals surface area contributed by atoms with Crippen molar-refractivity contribution in [1.29, 1.82) is 0 Å². The van der Waals surface area contributed by atoms with Crippen molar-refractivity contribution in [3.05, 3.63) is 23.2 Å². The lowest BCUT2D eigenvalue weighted by molar-refractivity contribution is -0.123. The third-order valence-corrected chi connectivity index (χ3v) is 3.81. The predicted octanol–water partition coefficient (Wildman–Crippen LogP) is 1.31. The number of nitrogens with one attached hydrogen (secondary N) is 1. The van der Waals surface area contributed by atoms with E-state index in [0.717, 1.165) is 11.3 Å². The second-order valence-corrected chi connectivity index (χ2v) is 6.02. The highest BCUT2D eigenvalue weighted by Gasteiger charge is 2.30. The van der Waals surface area contributed by atoms with Gasteiger partial charge in [-0.15, -0.1) is 0 Å². The molecule has 0 aliphatic heterocycles. The summed E-state index contributed by atoms with van der Waals surface area (Å²) >= 11 is 0. The number of carbonyl (C=O) groups is 1. The molecule has 0 radical (unpaired) electrons. The predicted molar refractivity (Wildman–Crippen MR) is 76.4 cm³/mol. The second-order valence-electron chi connectivity index (χ2n) is 6.02. The molecule has 0 aromatic carbocycles. The van der Waals surface area contributed by atoms with E-state index >= 15 is 0 Å². The minimum atomic E-state index is -1.12. The van der Waals surface area contributed by atoms with Crippen molar-refractivity contribution in [2.75, 3.05) is 20.1 Å². The third-order valence-electron chi connectivity index (χ3n) is 3.81. The van der Waals surface area contributed by atoms with E-state index in [-0.39, 0.29) is 12.5 Å². The Bertz CT molecular complexity index is 489. The van der Waals surface area contributed by atoms with Crippen LogP contribution in [0.4, 0.5) is 0 Å². The Morgan fingerprint density at radius 3 is 2.70 bits per heavy atom. The largest absolute Gasteiger partial charge is 0.466 e. The molecule has 1 aromatic heterocycles. The van der Waals surface area contributed by atoms with Gasteiger partial charge in [0.05, 0.1) is 13.1 Å². The Morgan fingerprint density at radius 1 is 1.55 bits per heavy atom. The summed E-state index contributed by atoms with van der Waals surface area (Å²) in [5.41, 5.74) is -0.388. The quantitative estimate of drug-likeness (QED) is 0.824. The van der Waals surface area contributed by atoms with Crippen molar-refractivity contribution in [1.82, 2.24) is 10.2 Å². The first-order valence-electron chi connectivity index (χ1n) is 7.06. The second kappa shape index (κ2) is 5.58. The molecule has 1 unspecified atom stereocenters. The van der Waals surface area contributed by atoms with Crippen LogP contribution in [0.1, 0.15) is 36.8 Å². The first kappa shape index (κ1) is 15.1. The van der Waals surface area contributed by atoms with E-state index in [4.69, 9.17) is 4.42 Å². The summed E-state index contributed by atoms with van der Waals surface area (Å²) in [6, 6.07) is 2.37. The molecule has 1 atom stereocenters. The molecular formula is C15H24N2O3. The Hall–Kier alpha value is -1.33. The van der Waals surface area contributed by atoms with Crippen LogP contribution in [0.5, 0.6) is 0 Å². The van der Waals surface area contributed by atoms with E-state index in [1.165, 1.54) is 12.8 Å². The topological polar surface area (TPSA) is 65.7 Å². The average Bonchev–Trinajstić information content (AvgIpc) is 3.13. The molecular weight excluding hydrogens is 256 g/mol. The lowest BCUT2D eigenvalue weighted by atomic mass is 9.96. The highest BCUT2D eigenvalue weighted by atomic mass is 16.3. The van der Waals surface area contributed by atoms with Crippen LogP contribution in [0.25, 0.3) is 0 Å². The molecule has 1 fully saturated rings. The summed E-state index contributed by atoms with van der Waals surface area (Å²) in [4.78, 5) is 13.9.